The molecule has 32 heavy (non-hydrogen) atoms. The van der Waals surface area contributed by atoms with Crippen LogP contribution in [0.25, 0.3) is 10.8 Å². The van der Waals surface area contributed by atoms with Crippen molar-refractivity contribution in [3.8, 4) is 11.5 Å². The number of rotatable bonds is 6. The molecule has 0 saturated carbocycles. The molecule has 0 saturated heterocycles. The number of anilines is 1. The summed E-state index contributed by atoms with van der Waals surface area (Å²) in [5.41, 5.74) is 0.0270. The number of aromatic hydroxyl groups is 1. The van der Waals surface area contributed by atoms with E-state index in [0.717, 1.165) is 11.0 Å². The molecule has 164 valence electrons. The van der Waals surface area contributed by atoms with Crippen LogP contribution in [0.5, 0.6) is 11.5 Å². The van der Waals surface area contributed by atoms with Gasteiger partial charge in [0, 0.05) is 5.39 Å². The second kappa shape index (κ2) is 8.30. The van der Waals surface area contributed by atoms with E-state index in [1.54, 1.807) is 32.0 Å². The van der Waals surface area contributed by atoms with Gasteiger partial charge in [-0.3, -0.25) is 14.4 Å². The smallest absolute Gasteiger partial charge is 0.310 e. The summed E-state index contributed by atoms with van der Waals surface area (Å²) in [6.45, 7) is 3.86. The van der Waals surface area contributed by atoms with Gasteiger partial charge in [-0.15, -0.1) is 0 Å². The number of amides is 2. The zero-order chi connectivity index (χ0) is 23.0. The van der Waals surface area contributed by atoms with Crippen LogP contribution in [0, 0.1) is 5.82 Å². The van der Waals surface area contributed by atoms with E-state index < -0.39 is 23.6 Å². The molecule has 7 nitrogen and oxygen atoms in total. The first-order valence-corrected chi connectivity index (χ1v) is 10.1. The van der Waals surface area contributed by atoms with Crippen LogP contribution in [0.4, 0.5) is 10.1 Å². The van der Waals surface area contributed by atoms with E-state index in [0.29, 0.717) is 10.9 Å². The fourth-order valence-electron chi connectivity index (χ4n) is 3.86. The number of nitrogens with zero attached hydrogens (tertiary/aromatic N) is 1. The van der Waals surface area contributed by atoms with Crippen LogP contribution in [0.1, 0.15) is 40.1 Å². The van der Waals surface area contributed by atoms with Crippen molar-refractivity contribution in [2.75, 3.05) is 18.1 Å². The Labute approximate surface area is 183 Å². The molecule has 0 fully saturated rings. The molecule has 0 radical (unpaired) electrons. The number of carbonyl (C=O) groups is 3. The average molecular weight is 437 g/mol. The molecule has 0 spiro atoms. The number of imide groups is 1. The lowest BCUT2D eigenvalue weighted by Crippen LogP contribution is -2.30. The molecule has 1 aliphatic rings. The first-order valence-electron chi connectivity index (χ1n) is 10.1. The zero-order valence-electron chi connectivity index (χ0n) is 17.5. The molecule has 4 rings (SSSR count). The van der Waals surface area contributed by atoms with Gasteiger partial charge < -0.3 is 14.6 Å². The molecule has 1 N–H and O–H groups in total. The van der Waals surface area contributed by atoms with Crippen molar-refractivity contribution in [3.05, 3.63) is 65.0 Å². The SMILES string of the molecule is CCOC(=O)Cc1ccc(N2C(=O)c3c(OCC)cc4cccc(O)c4c3C2=O)c(F)c1. The van der Waals surface area contributed by atoms with Crippen LogP contribution in [0.3, 0.4) is 0 Å². The third kappa shape index (κ3) is 3.43. The van der Waals surface area contributed by atoms with Crippen molar-refractivity contribution in [2.24, 2.45) is 0 Å². The minimum absolute atomic E-state index is 0.0270. The number of phenols is 1. The highest BCUT2D eigenvalue weighted by atomic mass is 19.1. The Kier molecular flexibility index (Phi) is 5.52. The van der Waals surface area contributed by atoms with E-state index in [1.165, 1.54) is 18.2 Å². The number of benzene rings is 3. The topological polar surface area (TPSA) is 93.1 Å². The second-order valence-corrected chi connectivity index (χ2v) is 7.15. The van der Waals surface area contributed by atoms with Gasteiger partial charge in [-0.2, -0.15) is 0 Å². The minimum Gasteiger partial charge on any atom is -0.507 e. The maximum Gasteiger partial charge on any atom is 0.310 e. The molecule has 0 bridgehead atoms. The summed E-state index contributed by atoms with van der Waals surface area (Å²) in [5, 5.41) is 11.1. The molecule has 0 aliphatic carbocycles. The molecule has 0 unspecified atom stereocenters. The number of hydrogen-bond acceptors (Lipinski definition) is 6. The number of fused-ring (bicyclic) bond motifs is 3. The average Bonchev–Trinajstić information content (AvgIpc) is 3.00. The van der Waals surface area contributed by atoms with Crippen LogP contribution in [0.15, 0.2) is 42.5 Å². The number of hydrogen-bond donors (Lipinski definition) is 1. The first kappa shape index (κ1) is 21.3. The molecule has 3 aromatic rings. The second-order valence-electron chi connectivity index (χ2n) is 7.15. The lowest BCUT2D eigenvalue weighted by molar-refractivity contribution is -0.142. The van der Waals surface area contributed by atoms with E-state index in [2.05, 4.69) is 0 Å². The quantitative estimate of drug-likeness (QED) is 0.463. The standard InChI is InChI=1S/C24H20FNO6/c1-3-31-18-12-14-6-5-7-17(27)20(14)22-21(18)23(29)26(24(22)30)16-9-8-13(10-15(16)25)11-19(28)32-4-2/h5-10,12,27H,3-4,11H2,1-2H3. The summed E-state index contributed by atoms with van der Waals surface area (Å²) < 4.78 is 25.4. The molecule has 8 heteroatoms. The summed E-state index contributed by atoms with van der Waals surface area (Å²) in [6, 6.07) is 10.1. The number of phenolic OH excluding ortho intramolecular Hbond substituents is 1. The summed E-state index contributed by atoms with van der Waals surface area (Å²) >= 11 is 0. The van der Waals surface area contributed by atoms with E-state index in [4.69, 9.17) is 9.47 Å². The highest BCUT2D eigenvalue weighted by Gasteiger charge is 2.42. The van der Waals surface area contributed by atoms with Crippen LogP contribution >= 0.6 is 0 Å². The van der Waals surface area contributed by atoms with E-state index >= 15 is 0 Å². The summed E-state index contributed by atoms with van der Waals surface area (Å²) in [5.74, 6) is -2.86. The molecule has 0 atom stereocenters. The number of ether oxygens (including phenoxy) is 2. The highest BCUT2D eigenvalue weighted by molar-refractivity contribution is 6.39. The van der Waals surface area contributed by atoms with Crippen molar-refractivity contribution < 1.29 is 33.4 Å². The van der Waals surface area contributed by atoms with Gasteiger partial charge in [-0.05, 0) is 49.1 Å². The molecular formula is C24H20FNO6. The van der Waals surface area contributed by atoms with Gasteiger partial charge in [0.1, 0.15) is 17.3 Å². The van der Waals surface area contributed by atoms with Crippen LogP contribution in [-0.2, 0) is 16.0 Å². The molecule has 0 aromatic heterocycles. The first-order chi connectivity index (χ1) is 15.4. The van der Waals surface area contributed by atoms with Gasteiger partial charge in [0.05, 0.1) is 36.4 Å². The number of esters is 1. The Morgan fingerprint density at radius 1 is 1.03 bits per heavy atom. The zero-order valence-corrected chi connectivity index (χ0v) is 17.5. The van der Waals surface area contributed by atoms with Crippen molar-refractivity contribution in [3.63, 3.8) is 0 Å². The number of halogens is 1. The van der Waals surface area contributed by atoms with Gasteiger partial charge in [0.15, 0.2) is 0 Å². The predicted molar refractivity (Wildman–Crippen MR) is 115 cm³/mol. The summed E-state index contributed by atoms with van der Waals surface area (Å²) in [4.78, 5) is 39.0. The van der Waals surface area contributed by atoms with E-state index in [-0.39, 0.29) is 53.3 Å². The Balaban J connectivity index is 1.82. The largest absolute Gasteiger partial charge is 0.507 e. The van der Waals surface area contributed by atoms with Crippen LogP contribution in [-0.4, -0.2) is 36.1 Å². The Hall–Kier alpha value is -3.94. The lowest BCUT2D eigenvalue weighted by Gasteiger charge is -2.15. The molecule has 2 amide bonds. The molecular weight excluding hydrogens is 417 g/mol. The minimum atomic E-state index is -0.840. The van der Waals surface area contributed by atoms with Crippen LogP contribution in [0.2, 0.25) is 0 Å². The Morgan fingerprint density at radius 3 is 2.47 bits per heavy atom. The third-order valence-electron chi connectivity index (χ3n) is 5.15. The van der Waals surface area contributed by atoms with Gasteiger partial charge in [0.2, 0.25) is 0 Å². The summed E-state index contributed by atoms with van der Waals surface area (Å²) in [7, 11) is 0. The van der Waals surface area contributed by atoms with Crippen molar-refractivity contribution in [1.29, 1.82) is 0 Å². The van der Waals surface area contributed by atoms with Crippen molar-refractivity contribution in [1.82, 2.24) is 0 Å². The fourth-order valence-corrected chi connectivity index (χ4v) is 3.86. The van der Waals surface area contributed by atoms with Gasteiger partial charge in [-0.25, -0.2) is 9.29 Å². The van der Waals surface area contributed by atoms with Crippen molar-refractivity contribution in [2.45, 2.75) is 20.3 Å². The van der Waals surface area contributed by atoms with E-state index in [9.17, 15) is 23.9 Å². The summed E-state index contributed by atoms with van der Waals surface area (Å²) in [6.07, 6.45) is -0.139. The van der Waals surface area contributed by atoms with Crippen molar-refractivity contribution >= 4 is 34.2 Å². The predicted octanol–water partition coefficient (Wildman–Crippen LogP) is 3.99. The Bertz CT molecular complexity index is 1270. The molecule has 3 aromatic carbocycles. The van der Waals surface area contributed by atoms with Gasteiger partial charge >= 0.3 is 5.97 Å². The maximum atomic E-state index is 15.0. The number of carbonyl (C=O) groups excluding carboxylic acids is 3. The van der Waals surface area contributed by atoms with Crippen LogP contribution < -0.4 is 9.64 Å². The molecule has 1 heterocycles. The highest BCUT2D eigenvalue weighted by Crippen LogP contribution is 2.42. The van der Waals surface area contributed by atoms with E-state index in [1.807, 2.05) is 0 Å². The normalized spacial score (nSPS) is 12.9. The third-order valence-corrected chi connectivity index (χ3v) is 5.15. The molecule has 1 aliphatic heterocycles. The maximum absolute atomic E-state index is 15.0. The monoisotopic (exact) mass is 437 g/mol. The van der Waals surface area contributed by atoms with Gasteiger partial charge in [-0.1, -0.05) is 18.2 Å². The lowest BCUT2D eigenvalue weighted by atomic mass is 9.98. The fraction of sp³-hybridized carbons (Fsp3) is 0.208. The van der Waals surface area contributed by atoms with Gasteiger partial charge in [0.25, 0.3) is 11.8 Å². The Morgan fingerprint density at radius 2 is 1.78 bits per heavy atom.